The Morgan fingerprint density at radius 2 is 1.83 bits per heavy atom. The fourth-order valence-corrected chi connectivity index (χ4v) is 5.66. The largest absolute Gasteiger partial charge is 0.438 e. The summed E-state index contributed by atoms with van der Waals surface area (Å²) in [6.45, 7) is 5.82. The van der Waals surface area contributed by atoms with Gasteiger partial charge in [0.25, 0.3) is 15.9 Å². The van der Waals surface area contributed by atoms with Gasteiger partial charge >= 0.3 is 0 Å². The van der Waals surface area contributed by atoms with Crippen molar-refractivity contribution in [1.82, 2.24) is 14.7 Å². The highest BCUT2D eigenvalue weighted by molar-refractivity contribution is 7.99. The van der Waals surface area contributed by atoms with Crippen molar-refractivity contribution in [3.8, 4) is 11.6 Å². The van der Waals surface area contributed by atoms with Crippen molar-refractivity contribution in [3.63, 3.8) is 0 Å². The molecule has 0 radical (unpaired) electrons. The molecule has 1 aliphatic heterocycles. The first kappa shape index (κ1) is 24.7. The molecule has 3 aromatic rings. The summed E-state index contributed by atoms with van der Waals surface area (Å²) >= 11 is 1.84. The van der Waals surface area contributed by atoms with Crippen LogP contribution in [-0.2, 0) is 10.0 Å². The van der Waals surface area contributed by atoms with Crippen LogP contribution in [0.2, 0.25) is 0 Å². The molecule has 35 heavy (non-hydrogen) atoms. The third-order valence-electron chi connectivity index (χ3n) is 5.45. The number of thioether (sulfide) groups is 1. The number of amides is 1. The molecule has 0 bridgehead atoms. The molecule has 0 saturated carbocycles. The lowest BCUT2D eigenvalue weighted by atomic mass is 10.1. The van der Waals surface area contributed by atoms with Gasteiger partial charge in [-0.05, 0) is 73.9 Å². The number of ether oxygens (including phenoxy) is 1. The lowest BCUT2D eigenvalue weighted by Gasteiger charge is -2.17. The van der Waals surface area contributed by atoms with Crippen molar-refractivity contribution in [2.24, 2.45) is 0 Å². The van der Waals surface area contributed by atoms with Crippen molar-refractivity contribution in [3.05, 3.63) is 76.5 Å². The second kappa shape index (κ2) is 10.1. The van der Waals surface area contributed by atoms with Crippen LogP contribution in [0.5, 0.6) is 11.6 Å². The second-order valence-corrected chi connectivity index (χ2v) is 11.0. The van der Waals surface area contributed by atoms with Gasteiger partial charge in [-0.15, -0.1) is 0 Å². The molecule has 0 saturated heterocycles. The Hall–Kier alpha value is -3.37. The first-order chi connectivity index (χ1) is 16.6. The van der Waals surface area contributed by atoms with Crippen molar-refractivity contribution < 1.29 is 17.9 Å². The van der Waals surface area contributed by atoms with E-state index in [0.717, 1.165) is 40.2 Å². The molecule has 8 nitrogen and oxygen atoms in total. The zero-order chi connectivity index (χ0) is 25.2. The van der Waals surface area contributed by atoms with E-state index in [9.17, 15) is 13.2 Å². The van der Waals surface area contributed by atoms with E-state index in [1.807, 2.05) is 44.7 Å². The number of anilines is 1. The molecule has 0 fully saturated rings. The number of allylic oxidation sites excluding steroid dienone is 1. The van der Waals surface area contributed by atoms with Gasteiger partial charge in [0.15, 0.2) is 5.03 Å². The van der Waals surface area contributed by atoms with Gasteiger partial charge in [0.2, 0.25) is 5.88 Å². The van der Waals surface area contributed by atoms with Crippen LogP contribution in [0, 0.1) is 20.8 Å². The van der Waals surface area contributed by atoms with Crippen LogP contribution < -0.4 is 15.2 Å². The first-order valence-corrected chi connectivity index (χ1v) is 13.6. The zero-order valence-electron chi connectivity index (χ0n) is 19.7. The molecular weight excluding hydrogens is 484 g/mol. The fraction of sp³-hybridized carbons (Fsp3) is 0.240. The molecule has 0 unspecified atom stereocenters. The van der Waals surface area contributed by atoms with Crippen molar-refractivity contribution in [2.45, 2.75) is 32.2 Å². The molecule has 3 heterocycles. The molecule has 3 N–H and O–H groups in total. The van der Waals surface area contributed by atoms with E-state index in [-0.39, 0.29) is 22.3 Å². The lowest BCUT2D eigenvalue weighted by Crippen LogP contribution is -2.31. The third kappa shape index (κ3) is 5.66. The minimum absolute atomic E-state index is 0.00797. The maximum atomic E-state index is 13.2. The Morgan fingerprint density at radius 3 is 2.49 bits per heavy atom. The minimum Gasteiger partial charge on any atom is -0.438 e. The summed E-state index contributed by atoms with van der Waals surface area (Å²) in [6, 6.07) is 11.4. The van der Waals surface area contributed by atoms with Crippen molar-refractivity contribution in [2.75, 3.05) is 17.2 Å². The molecule has 1 aliphatic rings. The monoisotopic (exact) mass is 510 g/mol. The molecule has 1 amide bonds. The minimum atomic E-state index is -4.26. The molecule has 2 aromatic heterocycles. The summed E-state index contributed by atoms with van der Waals surface area (Å²) in [7, 11) is -4.26. The smallest absolute Gasteiger partial charge is 0.281 e. The molecule has 0 aliphatic carbocycles. The van der Waals surface area contributed by atoms with Gasteiger partial charge < -0.3 is 10.5 Å². The number of nitrogens with zero attached hydrogens (tertiary/aromatic N) is 2. The maximum Gasteiger partial charge on any atom is 0.281 e. The predicted molar refractivity (Wildman–Crippen MR) is 138 cm³/mol. The average Bonchev–Trinajstić information content (AvgIpc) is 2.81. The predicted octanol–water partition coefficient (Wildman–Crippen LogP) is 4.42. The summed E-state index contributed by atoms with van der Waals surface area (Å²) in [4.78, 5) is 21.6. The van der Waals surface area contributed by atoms with Crippen molar-refractivity contribution >= 4 is 39.1 Å². The van der Waals surface area contributed by atoms with Crippen LogP contribution in [0.4, 0.5) is 5.82 Å². The number of nitrogens with two attached hydrogens (primary N) is 1. The summed E-state index contributed by atoms with van der Waals surface area (Å²) in [5.74, 6) is 1.62. The quantitative estimate of drug-likeness (QED) is 0.500. The van der Waals surface area contributed by atoms with Gasteiger partial charge in [0.1, 0.15) is 17.1 Å². The number of nitrogen functional groups attached to an aromatic ring is 1. The molecule has 0 atom stereocenters. The number of carbonyl (C=O) groups is 1. The molecule has 1 aromatic carbocycles. The van der Waals surface area contributed by atoms with Crippen LogP contribution in [0.25, 0.3) is 5.57 Å². The van der Waals surface area contributed by atoms with Gasteiger partial charge in [-0.2, -0.15) is 20.2 Å². The van der Waals surface area contributed by atoms with Gasteiger partial charge in [-0.1, -0.05) is 29.8 Å². The Kier molecular flexibility index (Phi) is 7.13. The van der Waals surface area contributed by atoms with E-state index < -0.39 is 15.9 Å². The van der Waals surface area contributed by atoms with Crippen LogP contribution in [-0.4, -0.2) is 35.8 Å². The van der Waals surface area contributed by atoms with E-state index in [1.54, 1.807) is 6.07 Å². The van der Waals surface area contributed by atoms with Crippen LogP contribution in [0.15, 0.2) is 53.6 Å². The average molecular weight is 511 g/mol. The third-order valence-corrected chi connectivity index (χ3v) is 7.58. The maximum absolute atomic E-state index is 13.2. The number of pyridine rings is 2. The number of rotatable bonds is 6. The Morgan fingerprint density at radius 1 is 1.09 bits per heavy atom. The van der Waals surface area contributed by atoms with Gasteiger partial charge in [-0.3, -0.25) is 4.79 Å². The number of aromatic nitrogens is 2. The molecular formula is C25H26N4O4S2. The van der Waals surface area contributed by atoms with Crippen LogP contribution in [0.3, 0.4) is 0 Å². The highest BCUT2D eigenvalue weighted by atomic mass is 32.2. The van der Waals surface area contributed by atoms with Crippen molar-refractivity contribution in [1.29, 1.82) is 0 Å². The zero-order valence-corrected chi connectivity index (χ0v) is 21.3. The molecule has 4 rings (SSSR count). The van der Waals surface area contributed by atoms with E-state index >= 15 is 0 Å². The molecule has 0 spiro atoms. The fourth-order valence-electron chi connectivity index (χ4n) is 3.86. The standard InChI is InChI=1S/C25H26N4O4S2/c1-15-13-16(2)23(17(3)14-15)33-25-19(7-8-20(27-25)18-9-11-34-12-10-18)24(30)29-35(31,32)22-6-4-5-21(26)28-22/h4-9,13-14H,10-12H2,1-3H3,(H2,26,28)(H,29,30). The molecule has 10 heteroatoms. The van der Waals surface area contributed by atoms with E-state index in [4.69, 9.17) is 10.5 Å². The van der Waals surface area contributed by atoms with E-state index in [0.29, 0.717) is 11.4 Å². The first-order valence-electron chi connectivity index (χ1n) is 11.0. The van der Waals surface area contributed by atoms with Gasteiger partial charge in [0, 0.05) is 5.75 Å². The van der Waals surface area contributed by atoms with E-state index in [1.165, 1.54) is 24.3 Å². The Labute approximate surface area is 209 Å². The van der Waals surface area contributed by atoms with Gasteiger partial charge in [-0.25, -0.2) is 14.7 Å². The number of nitrogens with one attached hydrogen (secondary N) is 1. The lowest BCUT2D eigenvalue weighted by molar-refractivity contribution is 0.0978. The number of hydrogen-bond acceptors (Lipinski definition) is 8. The SMILES string of the molecule is Cc1cc(C)c(Oc2nc(C3=CCSCC3)ccc2C(=O)NS(=O)(=O)c2cccc(N)n2)c(C)c1. The summed E-state index contributed by atoms with van der Waals surface area (Å²) in [5, 5.41) is -0.354. The number of carbonyl (C=O) groups excluding carboxylic acids is 1. The number of sulfonamides is 1. The number of hydrogen-bond donors (Lipinski definition) is 2. The molecule has 182 valence electrons. The summed E-state index contributed by atoms with van der Waals surface area (Å²) in [6.07, 6.45) is 2.96. The Balaban J connectivity index is 1.74. The highest BCUT2D eigenvalue weighted by Gasteiger charge is 2.25. The van der Waals surface area contributed by atoms with E-state index in [2.05, 4.69) is 20.8 Å². The second-order valence-electron chi connectivity index (χ2n) is 8.27. The number of aryl methyl sites for hydroxylation is 3. The normalized spacial score (nSPS) is 13.7. The van der Waals surface area contributed by atoms with Crippen LogP contribution >= 0.6 is 11.8 Å². The topological polar surface area (TPSA) is 124 Å². The highest BCUT2D eigenvalue weighted by Crippen LogP contribution is 2.33. The number of benzene rings is 1. The summed E-state index contributed by atoms with van der Waals surface area (Å²) < 4.78 is 33.8. The summed E-state index contributed by atoms with van der Waals surface area (Å²) in [5.41, 5.74) is 10.2. The van der Waals surface area contributed by atoms with Crippen LogP contribution in [0.1, 0.15) is 39.2 Å². The Bertz CT molecular complexity index is 1410. The van der Waals surface area contributed by atoms with Gasteiger partial charge in [0.05, 0.1) is 5.69 Å².